The summed E-state index contributed by atoms with van der Waals surface area (Å²) in [6, 6.07) is 6.27. The third-order valence-electron chi connectivity index (χ3n) is 4.98. The van der Waals surface area contributed by atoms with E-state index in [9.17, 15) is 4.79 Å². The Balaban J connectivity index is 1.57. The molecule has 1 aliphatic heterocycles. The summed E-state index contributed by atoms with van der Waals surface area (Å²) >= 11 is 0. The van der Waals surface area contributed by atoms with Gasteiger partial charge in [-0.05, 0) is 64.4 Å². The van der Waals surface area contributed by atoms with E-state index >= 15 is 0 Å². The zero-order valence-corrected chi connectivity index (χ0v) is 16.1. The SMILES string of the molecule is Cc1cc(N2CCCC2)ccc1NC(=O)CN(C)Cc1c(C)noc1C. The number of carbonyl (C=O) groups is 1. The molecule has 0 radical (unpaired) electrons. The molecule has 140 valence electrons. The number of nitrogens with one attached hydrogen (secondary N) is 1. The lowest BCUT2D eigenvalue weighted by Crippen LogP contribution is -2.30. The Morgan fingerprint density at radius 1 is 1.27 bits per heavy atom. The van der Waals surface area contributed by atoms with Crippen molar-refractivity contribution in [1.29, 1.82) is 0 Å². The van der Waals surface area contributed by atoms with E-state index in [4.69, 9.17) is 4.52 Å². The van der Waals surface area contributed by atoms with Crippen molar-refractivity contribution < 1.29 is 9.32 Å². The summed E-state index contributed by atoms with van der Waals surface area (Å²) in [5.41, 5.74) is 5.14. The van der Waals surface area contributed by atoms with Crippen molar-refractivity contribution in [3.8, 4) is 0 Å². The summed E-state index contributed by atoms with van der Waals surface area (Å²) in [5, 5.41) is 6.99. The number of aryl methyl sites for hydroxylation is 3. The first kappa shape index (κ1) is 18.5. The Hall–Kier alpha value is -2.34. The third kappa shape index (κ3) is 4.25. The number of nitrogens with zero attached hydrogens (tertiary/aromatic N) is 3. The molecule has 0 aliphatic carbocycles. The highest BCUT2D eigenvalue weighted by molar-refractivity contribution is 5.93. The quantitative estimate of drug-likeness (QED) is 0.861. The molecule has 1 amide bonds. The van der Waals surface area contributed by atoms with Crippen molar-refractivity contribution in [2.75, 3.05) is 36.9 Å². The fourth-order valence-corrected chi connectivity index (χ4v) is 3.45. The number of benzene rings is 1. The van der Waals surface area contributed by atoms with Crippen LogP contribution in [0.3, 0.4) is 0 Å². The van der Waals surface area contributed by atoms with Gasteiger partial charge in [-0.3, -0.25) is 9.69 Å². The van der Waals surface area contributed by atoms with Crippen LogP contribution >= 0.6 is 0 Å². The largest absolute Gasteiger partial charge is 0.372 e. The van der Waals surface area contributed by atoms with E-state index < -0.39 is 0 Å². The Morgan fingerprint density at radius 2 is 2.00 bits per heavy atom. The maximum atomic E-state index is 12.4. The minimum atomic E-state index is -0.0173. The first-order valence-corrected chi connectivity index (χ1v) is 9.20. The van der Waals surface area contributed by atoms with Gasteiger partial charge in [-0.1, -0.05) is 5.16 Å². The van der Waals surface area contributed by atoms with Crippen molar-refractivity contribution in [3.63, 3.8) is 0 Å². The van der Waals surface area contributed by atoms with Crippen LogP contribution in [-0.2, 0) is 11.3 Å². The molecular weight excluding hydrogens is 328 g/mol. The maximum Gasteiger partial charge on any atom is 0.238 e. The average molecular weight is 356 g/mol. The first-order valence-electron chi connectivity index (χ1n) is 9.20. The van der Waals surface area contributed by atoms with Crippen molar-refractivity contribution in [2.24, 2.45) is 0 Å². The minimum Gasteiger partial charge on any atom is -0.372 e. The number of hydrogen-bond donors (Lipinski definition) is 1. The Kier molecular flexibility index (Phi) is 5.61. The summed E-state index contributed by atoms with van der Waals surface area (Å²) in [6.45, 7) is 9.07. The molecule has 1 aromatic heterocycles. The number of likely N-dealkylation sites (N-methyl/N-ethyl adjacent to an activating group) is 1. The molecule has 6 nitrogen and oxygen atoms in total. The van der Waals surface area contributed by atoms with Crippen LogP contribution in [0.15, 0.2) is 22.7 Å². The Bertz CT molecular complexity index is 759. The fourth-order valence-electron chi connectivity index (χ4n) is 3.45. The van der Waals surface area contributed by atoms with Crippen LogP contribution < -0.4 is 10.2 Å². The summed E-state index contributed by atoms with van der Waals surface area (Å²) in [5.74, 6) is 0.791. The minimum absolute atomic E-state index is 0.0173. The smallest absolute Gasteiger partial charge is 0.238 e. The van der Waals surface area contributed by atoms with E-state index in [2.05, 4.69) is 27.5 Å². The van der Waals surface area contributed by atoms with Gasteiger partial charge in [-0.2, -0.15) is 0 Å². The monoisotopic (exact) mass is 356 g/mol. The zero-order chi connectivity index (χ0) is 18.7. The fraction of sp³-hybridized carbons (Fsp3) is 0.500. The van der Waals surface area contributed by atoms with Crippen LogP contribution in [0.1, 0.15) is 35.4 Å². The van der Waals surface area contributed by atoms with E-state index in [0.29, 0.717) is 13.1 Å². The standard InChI is InChI=1S/C20H28N4O2/c1-14-11-17(24-9-5-6-10-24)7-8-19(14)21-20(25)13-23(4)12-18-15(2)22-26-16(18)3/h7-8,11H,5-6,9-10,12-13H2,1-4H3,(H,21,25). The number of anilines is 2. The molecular formula is C20H28N4O2. The topological polar surface area (TPSA) is 61.6 Å². The van der Waals surface area contributed by atoms with E-state index in [1.807, 2.05) is 38.8 Å². The van der Waals surface area contributed by atoms with Gasteiger partial charge < -0.3 is 14.7 Å². The van der Waals surface area contributed by atoms with Crippen LogP contribution in [0.2, 0.25) is 0 Å². The van der Waals surface area contributed by atoms with Gasteiger partial charge in [0.25, 0.3) is 0 Å². The van der Waals surface area contributed by atoms with Crippen LogP contribution in [0.5, 0.6) is 0 Å². The molecule has 0 bridgehead atoms. The second-order valence-electron chi connectivity index (χ2n) is 7.22. The second-order valence-corrected chi connectivity index (χ2v) is 7.22. The van der Waals surface area contributed by atoms with Crippen molar-refractivity contribution >= 4 is 17.3 Å². The van der Waals surface area contributed by atoms with Gasteiger partial charge >= 0.3 is 0 Å². The van der Waals surface area contributed by atoms with Crippen LogP contribution in [0, 0.1) is 20.8 Å². The van der Waals surface area contributed by atoms with Gasteiger partial charge in [0.2, 0.25) is 5.91 Å². The summed E-state index contributed by atoms with van der Waals surface area (Å²) < 4.78 is 5.18. The molecule has 2 heterocycles. The van der Waals surface area contributed by atoms with E-state index in [1.54, 1.807) is 0 Å². The predicted molar refractivity (Wildman–Crippen MR) is 104 cm³/mol. The third-order valence-corrected chi connectivity index (χ3v) is 4.98. The maximum absolute atomic E-state index is 12.4. The number of hydrogen-bond acceptors (Lipinski definition) is 5. The molecule has 6 heteroatoms. The number of carbonyl (C=O) groups excluding carboxylic acids is 1. The Morgan fingerprint density at radius 3 is 2.62 bits per heavy atom. The van der Waals surface area contributed by atoms with Crippen molar-refractivity contribution in [1.82, 2.24) is 10.1 Å². The zero-order valence-electron chi connectivity index (χ0n) is 16.1. The van der Waals surface area contributed by atoms with Crippen LogP contribution in [0.25, 0.3) is 0 Å². The molecule has 0 unspecified atom stereocenters. The molecule has 26 heavy (non-hydrogen) atoms. The summed E-state index contributed by atoms with van der Waals surface area (Å²) in [4.78, 5) is 16.8. The average Bonchev–Trinajstić information content (AvgIpc) is 3.22. The number of amides is 1. The lowest BCUT2D eigenvalue weighted by Gasteiger charge is -2.20. The highest BCUT2D eigenvalue weighted by Crippen LogP contribution is 2.25. The van der Waals surface area contributed by atoms with Gasteiger partial charge in [0, 0.05) is 36.6 Å². The molecule has 1 fully saturated rings. The van der Waals surface area contributed by atoms with E-state index in [0.717, 1.165) is 41.4 Å². The van der Waals surface area contributed by atoms with Crippen molar-refractivity contribution in [3.05, 3.63) is 40.8 Å². The molecule has 0 spiro atoms. The second kappa shape index (κ2) is 7.91. The molecule has 1 saturated heterocycles. The van der Waals surface area contributed by atoms with Crippen LogP contribution in [0.4, 0.5) is 11.4 Å². The predicted octanol–water partition coefficient (Wildman–Crippen LogP) is 3.27. The number of aromatic nitrogens is 1. The molecule has 3 rings (SSSR count). The first-order chi connectivity index (χ1) is 12.4. The summed E-state index contributed by atoms with van der Waals surface area (Å²) in [6.07, 6.45) is 2.52. The lowest BCUT2D eigenvalue weighted by atomic mass is 10.1. The molecule has 0 atom stereocenters. The molecule has 1 aromatic carbocycles. The summed E-state index contributed by atoms with van der Waals surface area (Å²) in [7, 11) is 1.93. The molecule has 1 N–H and O–H groups in total. The van der Waals surface area contributed by atoms with E-state index in [1.165, 1.54) is 18.5 Å². The highest BCUT2D eigenvalue weighted by atomic mass is 16.5. The Labute approximate surface area is 155 Å². The van der Waals surface area contributed by atoms with E-state index in [-0.39, 0.29) is 5.91 Å². The van der Waals surface area contributed by atoms with Crippen molar-refractivity contribution in [2.45, 2.75) is 40.2 Å². The lowest BCUT2D eigenvalue weighted by molar-refractivity contribution is -0.117. The molecule has 0 saturated carbocycles. The van der Waals surface area contributed by atoms with Gasteiger partial charge in [-0.15, -0.1) is 0 Å². The normalized spacial score (nSPS) is 14.3. The number of rotatable bonds is 6. The molecule has 2 aromatic rings. The van der Waals surface area contributed by atoms with Gasteiger partial charge in [-0.25, -0.2) is 0 Å². The molecule has 1 aliphatic rings. The highest BCUT2D eigenvalue weighted by Gasteiger charge is 2.16. The van der Waals surface area contributed by atoms with Gasteiger partial charge in [0.15, 0.2) is 0 Å². The van der Waals surface area contributed by atoms with Crippen LogP contribution in [-0.4, -0.2) is 42.6 Å². The van der Waals surface area contributed by atoms with Gasteiger partial charge in [0.05, 0.1) is 12.2 Å². The van der Waals surface area contributed by atoms with Gasteiger partial charge in [0.1, 0.15) is 5.76 Å².